The van der Waals surface area contributed by atoms with E-state index in [4.69, 9.17) is 0 Å². The third-order valence-electron chi connectivity index (χ3n) is 3.61. The molecule has 0 fully saturated rings. The fourth-order valence-corrected chi connectivity index (χ4v) is 2.75. The van der Waals surface area contributed by atoms with Crippen LogP contribution in [0.15, 0.2) is 35.1 Å². The van der Waals surface area contributed by atoms with Crippen LogP contribution in [0.2, 0.25) is 0 Å². The minimum atomic E-state index is -0.0637. The molecule has 1 aliphatic carbocycles. The maximum absolute atomic E-state index is 11.7. The van der Waals surface area contributed by atoms with Crippen molar-refractivity contribution in [1.82, 2.24) is 15.3 Å². The number of rotatable bonds is 3. The molecule has 0 saturated carbocycles. The van der Waals surface area contributed by atoms with Gasteiger partial charge in [0.1, 0.15) is 5.82 Å². The molecule has 98 valence electrons. The van der Waals surface area contributed by atoms with Crippen molar-refractivity contribution in [3.63, 3.8) is 0 Å². The number of fused-ring (bicyclic) bond motifs is 1. The van der Waals surface area contributed by atoms with Gasteiger partial charge < -0.3 is 10.3 Å². The van der Waals surface area contributed by atoms with Crippen molar-refractivity contribution in [2.24, 2.45) is 0 Å². The van der Waals surface area contributed by atoms with Gasteiger partial charge in [0.05, 0.1) is 5.69 Å². The lowest BCUT2D eigenvalue weighted by molar-refractivity contribution is 0.660. The number of aromatic nitrogens is 2. The highest BCUT2D eigenvalue weighted by Crippen LogP contribution is 2.31. The van der Waals surface area contributed by atoms with Crippen molar-refractivity contribution >= 4 is 0 Å². The molecule has 1 aliphatic rings. The minimum Gasteiger partial charge on any atom is -0.314 e. The van der Waals surface area contributed by atoms with Gasteiger partial charge in [-0.2, -0.15) is 0 Å². The number of hydrogen-bond acceptors (Lipinski definition) is 3. The van der Waals surface area contributed by atoms with E-state index >= 15 is 0 Å². The molecule has 4 heteroatoms. The van der Waals surface area contributed by atoms with E-state index in [1.165, 1.54) is 11.1 Å². The zero-order valence-corrected chi connectivity index (χ0v) is 10.9. The Labute approximate surface area is 111 Å². The standard InChI is InChI=1S/C15H17N3O/c1-16-9-13-8-14(19)18-15(17-13)12-6-10-4-2-3-5-11(10)7-12/h2-5,8,12,16H,6-7,9H2,1H3,(H,17,18,19). The highest BCUT2D eigenvalue weighted by Gasteiger charge is 2.24. The van der Waals surface area contributed by atoms with E-state index in [1.54, 1.807) is 6.07 Å². The molecular formula is C15H17N3O. The van der Waals surface area contributed by atoms with Crippen molar-refractivity contribution in [3.05, 3.63) is 63.3 Å². The number of hydrogen-bond donors (Lipinski definition) is 2. The Morgan fingerprint density at radius 3 is 2.63 bits per heavy atom. The van der Waals surface area contributed by atoms with E-state index in [2.05, 4.69) is 39.6 Å². The topological polar surface area (TPSA) is 57.8 Å². The summed E-state index contributed by atoms with van der Waals surface area (Å²) < 4.78 is 0. The predicted molar refractivity (Wildman–Crippen MR) is 74.2 cm³/mol. The van der Waals surface area contributed by atoms with Crippen LogP contribution in [0.1, 0.15) is 28.6 Å². The monoisotopic (exact) mass is 255 g/mol. The highest BCUT2D eigenvalue weighted by atomic mass is 16.1. The van der Waals surface area contributed by atoms with Crippen molar-refractivity contribution in [1.29, 1.82) is 0 Å². The van der Waals surface area contributed by atoms with E-state index in [-0.39, 0.29) is 5.56 Å². The normalized spacial score (nSPS) is 14.6. The average molecular weight is 255 g/mol. The molecule has 2 N–H and O–H groups in total. The summed E-state index contributed by atoms with van der Waals surface area (Å²) in [5, 5.41) is 3.03. The molecule has 1 heterocycles. The summed E-state index contributed by atoms with van der Waals surface area (Å²) in [6, 6.07) is 10.0. The maximum atomic E-state index is 11.7. The first-order valence-corrected chi connectivity index (χ1v) is 6.58. The van der Waals surface area contributed by atoms with E-state index in [9.17, 15) is 4.79 Å². The van der Waals surface area contributed by atoms with Gasteiger partial charge >= 0.3 is 0 Å². The predicted octanol–water partition coefficient (Wildman–Crippen LogP) is 1.37. The Bertz CT molecular complexity index is 623. The summed E-state index contributed by atoms with van der Waals surface area (Å²) in [5.41, 5.74) is 3.48. The first-order valence-electron chi connectivity index (χ1n) is 6.58. The number of nitrogens with one attached hydrogen (secondary N) is 2. The van der Waals surface area contributed by atoms with Crippen LogP contribution in [0.4, 0.5) is 0 Å². The fourth-order valence-electron chi connectivity index (χ4n) is 2.75. The molecule has 19 heavy (non-hydrogen) atoms. The lowest BCUT2D eigenvalue weighted by atomic mass is 10.1. The van der Waals surface area contributed by atoms with Crippen molar-refractivity contribution in [2.45, 2.75) is 25.3 Å². The molecule has 0 saturated heterocycles. The zero-order chi connectivity index (χ0) is 13.2. The third kappa shape index (κ3) is 2.44. The molecule has 2 aromatic rings. The molecule has 4 nitrogen and oxygen atoms in total. The Kier molecular flexibility index (Phi) is 3.17. The molecule has 3 rings (SSSR count). The molecule has 0 bridgehead atoms. The van der Waals surface area contributed by atoms with Crippen LogP contribution in [0.3, 0.4) is 0 Å². The smallest absolute Gasteiger partial charge is 0.251 e. The average Bonchev–Trinajstić information content (AvgIpc) is 2.82. The van der Waals surface area contributed by atoms with Crippen LogP contribution < -0.4 is 10.9 Å². The van der Waals surface area contributed by atoms with E-state index in [0.29, 0.717) is 12.5 Å². The Morgan fingerprint density at radius 2 is 2.00 bits per heavy atom. The summed E-state index contributed by atoms with van der Waals surface area (Å²) in [6.07, 6.45) is 1.92. The lowest BCUT2D eigenvalue weighted by Gasteiger charge is -2.09. The first kappa shape index (κ1) is 12.1. The van der Waals surface area contributed by atoms with Gasteiger partial charge in [0, 0.05) is 18.5 Å². The summed E-state index contributed by atoms with van der Waals surface area (Å²) >= 11 is 0. The fraction of sp³-hybridized carbons (Fsp3) is 0.333. The van der Waals surface area contributed by atoms with Crippen LogP contribution in [-0.4, -0.2) is 17.0 Å². The van der Waals surface area contributed by atoms with Crippen LogP contribution in [0.5, 0.6) is 0 Å². The molecule has 0 aliphatic heterocycles. The van der Waals surface area contributed by atoms with Crippen LogP contribution in [0.25, 0.3) is 0 Å². The van der Waals surface area contributed by atoms with Crippen molar-refractivity contribution < 1.29 is 0 Å². The molecule has 0 amide bonds. The Balaban J connectivity index is 1.90. The van der Waals surface area contributed by atoms with Gasteiger partial charge in [-0.05, 0) is 31.0 Å². The van der Waals surface area contributed by atoms with Gasteiger partial charge in [-0.15, -0.1) is 0 Å². The molecule has 1 aromatic heterocycles. The summed E-state index contributed by atoms with van der Waals surface area (Å²) in [7, 11) is 1.86. The van der Waals surface area contributed by atoms with Gasteiger partial charge in [0.25, 0.3) is 5.56 Å². The SMILES string of the molecule is CNCc1cc(=O)[nH]c(C2Cc3ccccc3C2)n1. The van der Waals surface area contributed by atoms with E-state index in [1.807, 2.05) is 7.05 Å². The number of benzene rings is 1. The third-order valence-corrected chi connectivity index (χ3v) is 3.61. The van der Waals surface area contributed by atoms with Gasteiger partial charge in [0.15, 0.2) is 0 Å². The Hall–Kier alpha value is -1.94. The van der Waals surface area contributed by atoms with E-state index in [0.717, 1.165) is 24.4 Å². The molecule has 0 atom stereocenters. The van der Waals surface area contributed by atoms with E-state index < -0.39 is 0 Å². The quantitative estimate of drug-likeness (QED) is 0.871. The number of H-pyrrole nitrogens is 1. The number of aromatic amines is 1. The second-order valence-electron chi connectivity index (χ2n) is 5.03. The second kappa shape index (κ2) is 4.97. The van der Waals surface area contributed by atoms with Crippen molar-refractivity contribution in [2.75, 3.05) is 7.05 Å². The Morgan fingerprint density at radius 1 is 1.32 bits per heavy atom. The van der Waals surface area contributed by atoms with Gasteiger partial charge in [-0.3, -0.25) is 4.79 Å². The second-order valence-corrected chi connectivity index (χ2v) is 5.03. The molecule has 0 radical (unpaired) electrons. The maximum Gasteiger partial charge on any atom is 0.251 e. The van der Waals surface area contributed by atoms with Gasteiger partial charge in [0.2, 0.25) is 0 Å². The summed E-state index contributed by atoms with van der Waals surface area (Å²) in [4.78, 5) is 19.2. The summed E-state index contributed by atoms with van der Waals surface area (Å²) in [6.45, 7) is 0.622. The summed E-state index contributed by atoms with van der Waals surface area (Å²) in [5.74, 6) is 1.11. The minimum absolute atomic E-state index is 0.0637. The highest BCUT2D eigenvalue weighted by molar-refractivity contribution is 5.35. The van der Waals surface area contributed by atoms with Crippen molar-refractivity contribution in [3.8, 4) is 0 Å². The van der Waals surface area contributed by atoms with Crippen LogP contribution in [-0.2, 0) is 19.4 Å². The zero-order valence-electron chi connectivity index (χ0n) is 10.9. The first-order chi connectivity index (χ1) is 9.26. The van der Waals surface area contributed by atoms with Gasteiger partial charge in [-0.25, -0.2) is 4.98 Å². The molecule has 0 unspecified atom stereocenters. The molecule has 1 aromatic carbocycles. The van der Waals surface area contributed by atoms with Crippen LogP contribution >= 0.6 is 0 Å². The van der Waals surface area contributed by atoms with Crippen LogP contribution in [0, 0.1) is 0 Å². The molecular weight excluding hydrogens is 238 g/mol. The van der Waals surface area contributed by atoms with Gasteiger partial charge in [-0.1, -0.05) is 24.3 Å². The lowest BCUT2D eigenvalue weighted by Crippen LogP contribution is -2.18. The largest absolute Gasteiger partial charge is 0.314 e. The molecule has 0 spiro atoms. The number of nitrogens with zero attached hydrogens (tertiary/aromatic N) is 1.